The molecule has 0 aromatic carbocycles. The summed E-state index contributed by atoms with van der Waals surface area (Å²) in [5.74, 6) is -0.325. The topological polar surface area (TPSA) is 208 Å². The maximum absolute atomic E-state index is 13.5. The summed E-state index contributed by atoms with van der Waals surface area (Å²) < 4.78 is 57.8. The van der Waals surface area contributed by atoms with Crippen LogP contribution < -0.4 is 16.6 Å². The van der Waals surface area contributed by atoms with Crippen LogP contribution in [-0.2, 0) is 32.0 Å². The van der Waals surface area contributed by atoms with Crippen LogP contribution in [0.2, 0.25) is 0 Å². The Morgan fingerprint density at radius 1 is 1.12 bits per heavy atom. The monoisotopic (exact) mass is 646 g/mol. The Labute approximate surface area is 243 Å². The van der Waals surface area contributed by atoms with Crippen LogP contribution in [0.25, 0.3) is 11.2 Å². The summed E-state index contributed by atoms with van der Waals surface area (Å²) in [7, 11) is 0. The number of thiol groups is 2. The van der Waals surface area contributed by atoms with Gasteiger partial charge in [0.25, 0.3) is 5.56 Å². The molecule has 0 spiro atoms. The fourth-order valence-electron chi connectivity index (χ4n) is 5.38. The van der Waals surface area contributed by atoms with E-state index in [4.69, 9.17) is 28.6 Å². The predicted molar refractivity (Wildman–Crippen MR) is 153 cm³/mol. The van der Waals surface area contributed by atoms with Crippen molar-refractivity contribution >= 4 is 61.0 Å². The van der Waals surface area contributed by atoms with Crippen LogP contribution in [0.1, 0.15) is 26.0 Å². The van der Waals surface area contributed by atoms with Crippen LogP contribution in [0.5, 0.6) is 0 Å². The zero-order chi connectivity index (χ0) is 28.9. The molecule has 9 atom stereocenters. The Balaban J connectivity index is 1.28. The lowest BCUT2D eigenvalue weighted by molar-refractivity contribution is -0.0463. The van der Waals surface area contributed by atoms with Crippen LogP contribution in [0, 0.1) is 11.8 Å². The van der Waals surface area contributed by atoms with Crippen LogP contribution in [-0.4, -0.2) is 67.1 Å². The minimum Gasteiger partial charge on any atom is -0.369 e. The van der Waals surface area contributed by atoms with Crippen molar-refractivity contribution in [1.82, 2.24) is 29.5 Å². The largest absolute Gasteiger partial charge is 0.386 e. The molecule has 20 heteroatoms. The molecule has 41 heavy (non-hydrogen) atoms. The van der Waals surface area contributed by atoms with Gasteiger partial charge in [0.1, 0.15) is 18.2 Å². The van der Waals surface area contributed by atoms with E-state index in [1.165, 1.54) is 17.2 Å². The number of aromatic nitrogens is 6. The summed E-state index contributed by atoms with van der Waals surface area (Å²) in [5.41, 5.74) is 5.38. The molecule has 222 valence electrons. The maximum Gasteiger partial charge on any atom is 0.386 e. The van der Waals surface area contributed by atoms with Gasteiger partial charge in [0.2, 0.25) is 5.95 Å². The van der Waals surface area contributed by atoms with Gasteiger partial charge in [-0.05, 0) is 18.9 Å². The number of nitrogens with zero attached hydrogens (tertiary/aromatic N) is 5. The lowest BCUT2D eigenvalue weighted by Crippen LogP contribution is -2.28. The van der Waals surface area contributed by atoms with E-state index < -0.39 is 49.6 Å². The van der Waals surface area contributed by atoms with Gasteiger partial charge in [0, 0.05) is 24.1 Å². The molecule has 5 heterocycles. The summed E-state index contributed by atoms with van der Waals surface area (Å²) in [4.78, 5) is 31.1. The van der Waals surface area contributed by atoms with Gasteiger partial charge in [-0.25, -0.2) is 24.1 Å². The Hall–Kier alpha value is -2.01. The number of fused-ring (bicyclic) bond motifs is 4. The first kappa shape index (κ1) is 29.1. The number of rotatable bonds is 3. The number of hydrogen-bond donors (Lipinski definition) is 5. The van der Waals surface area contributed by atoms with Gasteiger partial charge in [-0.1, -0.05) is 31.4 Å². The molecule has 3 aliphatic rings. The van der Waals surface area contributed by atoms with Gasteiger partial charge in [0.15, 0.2) is 17.4 Å². The second-order valence-corrected chi connectivity index (χ2v) is 15.9. The molecule has 2 unspecified atom stereocenters. The number of aromatic amines is 1. The molecule has 3 aromatic heterocycles. The zero-order valence-electron chi connectivity index (χ0n) is 21.5. The highest BCUT2D eigenvalue weighted by molar-refractivity contribution is 8.44. The first-order valence-corrected chi connectivity index (χ1v) is 18.1. The SMILES string of the molecule is C[C@H]1[C@H]2OP(=O)(S)OC[C@H]3C[C@@H](Nc4ccncn4)C[C@@H]3OP(=O)(S)OC[C@H]1O[C@H]2n1cnc2c(=O)[nH]c(N)nc21. The van der Waals surface area contributed by atoms with E-state index >= 15 is 0 Å². The molecule has 1 saturated carbocycles. The zero-order valence-corrected chi connectivity index (χ0v) is 25.1. The molecule has 1 aliphatic carbocycles. The summed E-state index contributed by atoms with van der Waals surface area (Å²) in [6, 6.07) is 1.61. The molecular weight excluding hydrogens is 618 g/mol. The van der Waals surface area contributed by atoms with E-state index in [0.717, 1.165) is 0 Å². The van der Waals surface area contributed by atoms with Crippen LogP contribution in [0.4, 0.5) is 11.8 Å². The van der Waals surface area contributed by atoms with E-state index in [2.05, 4.69) is 54.7 Å². The summed E-state index contributed by atoms with van der Waals surface area (Å²) in [6.45, 7) is -6.32. The van der Waals surface area contributed by atoms with Crippen molar-refractivity contribution in [3.63, 3.8) is 0 Å². The molecule has 0 amide bonds. The van der Waals surface area contributed by atoms with Gasteiger partial charge in [0.05, 0.1) is 31.7 Å². The van der Waals surface area contributed by atoms with E-state index in [-0.39, 0.29) is 42.3 Å². The fourth-order valence-corrected chi connectivity index (χ4v) is 8.51. The van der Waals surface area contributed by atoms with Crippen LogP contribution in [0.15, 0.2) is 29.7 Å². The number of nitrogen functional groups attached to an aromatic ring is 1. The van der Waals surface area contributed by atoms with E-state index in [1.54, 1.807) is 19.2 Å². The molecule has 16 nitrogen and oxygen atoms in total. The normalized spacial score (nSPS) is 38.1. The number of anilines is 2. The molecule has 2 saturated heterocycles. The summed E-state index contributed by atoms with van der Waals surface area (Å²) >= 11 is 8.48. The highest BCUT2D eigenvalue weighted by atomic mass is 32.7. The number of hydrogen-bond acceptors (Lipinski definition) is 14. The fraction of sp³-hybridized carbons (Fsp3) is 0.571. The smallest absolute Gasteiger partial charge is 0.369 e. The van der Waals surface area contributed by atoms with Crippen molar-refractivity contribution < 1.29 is 32.0 Å². The third kappa shape index (κ3) is 6.21. The molecule has 2 aliphatic heterocycles. The number of nitrogens with one attached hydrogen (secondary N) is 2. The van der Waals surface area contributed by atoms with Gasteiger partial charge >= 0.3 is 13.6 Å². The lowest BCUT2D eigenvalue weighted by Gasteiger charge is -2.27. The Kier molecular flexibility index (Phi) is 7.98. The first-order valence-electron chi connectivity index (χ1n) is 12.7. The molecule has 2 bridgehead atoms. The van der Waals surface area contributed by atoms with Crippen molar-refractivity contribution in [1.29, 1.82) is 0 Å². The molecule has 0 radical (unpaired) electrons. The number of ether oxygens (including phenoxy) is 1. The van der Waals surface area contributed by atoms with Crippen molar-refractivity contribution in [2.24, 2.45) is 11.8 Å². The van der Waals surface area contributed by atoms with Crippen molar-refractivity contribution in [2.75, 3.05) is 24.3 Å². The van der Waals surface area contributed by atoms with Crippen molar-refractivity contribution in [2.45, 2.75) is 50.3 Å². The number of imidazole rings is 1. The minimum atomic E-state index is -3.98. The lowest BCUT2D eigenvalue weighted by atomic mass is 10.0. The summed E-state index contributed by atoms with van der Waals surface area (Å²) in [5, 5.41) is 3.30. The van der Waals surface area contributed by atoms with Gasteiger partial charge in [-0.15, -0.1) is 0 Å². The van der Waals surface area contributed by atoms with Crippen molar-refractivity contribution in [3.05, 3.63) is 35.3 Å². The quantitative estimate of drug-likeness (QED) is 0.205. The standard InChI is InChI=1S/C21H28N8O8P2S2/c1-10-14-7-34-38(31,40)36-13-5-12(26-15-2-3-23-8-24-15)4-11(13)6-33-39(32,41)37-17(10)20(35-14)29-9-25-16-18(29)27-21(22)28-19(16)30/h2-3,8-14,17,20H,4-7H2,1H3,(H,31,40)(H,32,41)(H,23,24,26)(H3,22,27,28,30)/t10-,11-,12-,13+,14-,17-,20-,38?,39?/m1/s1. The molecule has 3 aromatic rings. The van der Waals surface area contributed by atoms with Crippen LogP contribution in [0.3, 0.4) is 0 Å². The second-order valence-electron chi connectivity index (χ2n) is 10.1. The van der Waals surface area contributed by atoms with E-state index in [9.17, 15) is 13.9 Å². The average molecular weight is 647 g/mol. The molecule has 6 rings (SSSR count). The van der Waals surface area contributed by atoms with E-state index in [1.807, 2.05) is 0 Å². The second kappa shape index (κ2) is 11.2. The van der Waals surface area contributed by atoms with Gasteiger partial charge in [-0.2, -0.15) is 4.98 Å². The highest BCUT2D eigenvalue weighted by Gasteiger charge is 2.49. The Morgan fingerprint density at radius 3 is 2.68 bits per heavy atom. The third-order valence-electron chi connectivity index (χ3n) is 7.37. The maximum atomic E-state index is 13.5. The average Bonchev–Trinajstić information content (AvgIpc) is 3.57. The molecule has 4 N–H and O–H groups in total. The number of nitrogens with two attached hydrogens (primary N) is 1. The number of H-pyrrole nitrogens is 1. The third-order valence-corrected chi connectivity index (χ3v) is 10.6. The molecule has 3 fully saturated rings. The van der Waals surface area contributed by atoms with E-state index in [0.29, 0.717) is 18.7 Å². The van der Waals surface area contributed by atoms with Gasteiger partial charge < -0.3 is 20.3 Å². The first-order chi connectivity index (χ1) is 19.5. The minimum absolute atomic E-state index is 0.0271. The van der Waals surface area contributed by atoms with Crippen molar-refractivity contribution in [3.8, 4) is 0 Å². The Bertz CT molecular complexity index is 1580. The summed E-state index contributed by atoms with van der Waals surface area (Å²) in [6.07, 6.45) is 2.13. The van der Waals surface area contributed by atoms with Gasteiger partial charge in [-0.3, -0.25) is 27.9 Å². The predicted octanol–water partition coefficient (Wildman–Crippen LogP) is 2.81. The van der Waals surface area contributed by atoms with Crippen LogP contribution >= 0.6 is 38.1 Å². The highest BCUT2D eigenvalue weighted by Crippen LogP contribution is 2.61. The molecular formula is C21H28N8O8P2S2. The Morgan fingerprint density at radius 2 is 1.90 bits per heavy atom.